The van der Waals surface area contributed by atoms with Gasteiger partial charge in [0.2, 0.25) is 0 Å². The summed E-state index contributed by atoms with van der Waals surface area (Å²) >= 11 is 0. The first-order valence-electron chi connectivity index (χ1n) is 6.60. The number of ketones is 1. The van der Waals surface area contributed by atoms with Gasteiger partial charge in [0.25, 0.3) is 0 Å². The van der Waals surface area contributed by atoms with E-state index >= 15 is 0 Å². The Morgan fingerprint density at radius 1 is 1.19 bits per heavy atom. The maximum absolute atomic E-state index is 12.6. The lowest BCUT2D eigenvalue weighted by molar-refractivity contribution is -0.143. The number of carbonyl (C=O) groups excluding carboxylic acids is 1. The molecule has 0 saturated heterocycles. The second kappa shape index (κ2) is 2.63. The second-order valence-electron chi connectivity index (χ2n) is 7.01. The molecule has 16 heavy (non-hydrogen) atoms. The lowest BCUT2D eigenvalue weighted by atomic mass is 9.48. The molecule has 0 spiro atoms. The number of hydrogen-bond acceptors (Lipinski definition) is 1. The summed E-state index contributed by atoms with van der Waals surface area (Å²) in [7, 11) is 0. The van der Waals surface area contributed by atoms with Gasteiger partial charge >= 0.3 is 0 Å². The van der Waals surface area contributed by atoms with Crippen LogP contribution in [0.15, 0.2) is 12.2 Å². The summed E-state index contributed by atoms with van der Waals surface area (Å²) in [4.78, 5) is 12.6. The lowest BCUT2D eigenvalue weighted by Gasteiger charge is -2.54. The van der Waals surface area contributed by atoms with Gasteiger partial charge in [-0.25, -0.2) is 0 Å². The fraction of sp³-hybridized carbons (Fsp3) is 0.800. The molecule has 0 aromatic carbocycles. The molecule has 0 radical (unpaired) electrons. The van der Waals surface area contributed by atoms with E-state index in [-0.39, 0.29) is 16.2 Å². The van der Waals surface area contributed by atoms with E-state index in [1.165, 1.54) is 25.7 Å². The Labute approximate surface area is 98.3 Å². The molecule has 3 saturated carbocycles. The Kier molecular flexibility index (Phi) is 1.73. The van der Waals surface area contributed by atoms with Crippen molar-refractivity contribution < 1.29 is 4.79 Å². The van der Waals surface area contributed by atoms with E-state index < -0.39 is 0 Å². The van der Waals surface area contributed by atoms with Crippen molar-refractivity contribution in [1.82, 2.24) is 0 Å². The predicted octanol–water partition coefficient (Wildman–Crippen LogP) is 3.74. The Morgan fingerprint density at radius 3 is 2.50 bits per heavy atom. The van der Waals surface area contributed by atoms with Crippen LogP contribution in [0.3, 0.4) is 0 Å². The van der Waals surface area contributed by atoms with Crippen molar-refractivity contribution in [3.8, 4) is 0 Å². The van der Waals surface area contributed by atoms with Gasteiger partial charge in [0.05, 0.1) is 0 Å². The van der Waals surface area contributed by atoms with E-state index in [2.05, 4.69) is 27.4 Å². The fourth-order valence-electron chi connectivity index (χ4n) is 5.54. The molecule has 0 aromatic rings. The zero-order chi connectivity index (χ0) is 11.8. The van der Waals surface area contributed by atoms with Gasteiger partial charge in [-0.15, -0.1) is 0 Å². The molecule has 0 aliphatic heterocycles. The van der Waals surface area contributed by atoms with Crippen LogP contribution >= 0.6 is 0 Å². The van der Waals surface area contributed by atoms with Crippen molar-refractivity contribution >= 4 is 5.78 Å². The average Bonchev–Trinajstić information content (AvgIpc) is 2.57. The summed E-state index contributed by atoms with van der Waals surface area (Å²) in [6.07, 6.45) is 6.02. The third kappa shape index (κ3) is 0.781. The van der Waals surface area contributed by atoms with Crippen LogP contribution in [-0.2, 0) is 4.79 Å². The highest BCUT2D eigenvalue weighted by Crippen LogP contribution is 2.75. The van der Waals surface area contributed by atoms with E-state index in [1.807, 2.05) is 0 Å². The first kappa shape index (κ1) is 10.6. The summed E-state index contributed by atoms with van der Waals surface area (Å²) in [6.45, 7) is 11.1. The van der Waals surface area contributed by atoms with Crippen molar-refractivity contribution in [1.29, 1.82) is 0 Å². The van der Waals surface area contributed by atoms with Crippen LogP contribution in [0, 0.1) is 22.2 Å². The Bertz CT molecular complexity index is 392. The maximum Gasteiger partial charge on any atom is 0.165 e. The number of hydrogen-bond donors (Lipinski definition) is 0. The van der Waals surface area contributed by atoms with Gasteiger partial charge < -0.3 is 0 Å². The van der Waals surface area contributed by atoms with Crippen LogP contribution in [0.5, 0.6) is 0 Å². The summed E-state index contributed by atoms with van der Waals surface area (Å²) in [5.74, 6) is 0.899. The molecule has 3 rings (SSSR count). The Morgan fingerprint density at radius 2 is 1.88 bits per heavy atom. The maximum atomic E-state index is 12.6. The van der Waals surface area contributed by atoms with Gasteiger partial charge in [0, 0.05) is 5.41 Å². The van der Waals surface area contributed by atoms with E-state index in [4.69, 9.17) is 0 Å². The van der Waals surface area contributed by atoms with Crippen LogP contribution < -0.4 is 0 Å². The van der Waals surface area contributed by atoms with Gasteiger partial charge in [-0.1, -0.05) is 33.8 Å². The fourth-order valence-corrected chi connectivity index (χ4v) is 5.54. The Hall–Kier alpha value is -0.590. The third-order valence-corrected chi connectivity index (χ3v) is 6.31. The van der Waals surface area contributed by atoms with E-state index in [9.17, 15) is 4.79 Å². The summed E-state index contributed by atoms with van der Waals surface area (Å²) < 4.78 is 0. The molecule has 0 amide bonds. The summed E-state index contributed by atoms with van der Waals surface area (Å²) in [5, 5.41) is 0. The van der Waals surface area contributed by atoms with Crippen LogP contribution in [0.2, 0.25) is 0 Å². The molecule has 88 valence electrons. The summed E-state index contributed by atoms with van der Waals surface area (Å²) in [5.41, 5.74) is 1.28. The van der Waals surface area contributed by atoms with Crippen LogP contribution in [-0.4, -0.2) is 5.78 Å². The number of allylic oxidation sites excluding steroid dienone is 1. The van der Waals surface area contributed by atoms with Gasteiger partial charge in [0.1, 0.15) is 0 Å². The quantitative estimate of drug-likeness (QED) is 0.566. The predicted molar refractivity (Wildman–Crippen MR) is 65.0 cm³/mol. The van der Waals surface area contributed by atoms with E-state index in [1.54, 1.807) is 0 Å². The highest BCUT2D eigenvalue weighted by Gasteiger charge is 2.73. The molecular formula is C15H22O. The minimum absolute atomic E-state index is 0.0694. The zero-order valence-electron chi connectivity index (χ0n) is 10.7. The third-order valence-electron chi connectivity index (χ3n) is 6.31. The van der Waals surface area contributed by atoms with Crippen LogP contribution in [0.4, 0.5) is 0 Å². The molecule has 3 fully saturated rings. The zero-order valence-corrected chi connectivity index (χ0v) is 10.7. The molecule has 0 aromatic heterocycles. The molecule has 3 unspecified atom stereocenters. The first-order chi connectivity index (χ1) is 7.37. The summed E-state index contributed by atoms with van der Waals surface area (Å²) in [6, 6.07) is 0. The van der Waals surface area contributed by atoms with Crippen molar-refractivity contribution in [3.63, 3.8) is 0 Å². The molecule has 1 nitrogen and oxygen atoms in total. The van der Waals surface area contributed by atoms with Crippen molar-refractivity contribution in [2.75, 3.05) is 0 Å². The normalized spacial score (nSPS) is 49.6. The molecule has 1 heteroatoms. The average molecular weight is 218 g/mol. The Balaban J connectivity index is 2.25. The molecule has 3 atom stereocenters. The minimum Gasteiger partial charge on any atom is -0.294 e. The number of Topliss-reactive ketones (excluding diaryl/α,β-unsaturated/α-hetero) is 1. The minimum atomic E-state index is -0.0694. The molecule has 3 aliphatic carbocycles. The van der Waals surface area contributed by atoms with Gasteiger partial charge in [-0.05, 0) is 48.0 Å². The molecule has 0 N–H and O–H groups in total. The van der Waals surface area contributed by atoms with E-state index in [0.29, 0.717) is 11.7 Å². The largest absolute Gasteiger partial charge is 0.294 e. The second-order valence-corrected chi connectivity index (χ2v) is 7.01. The monoisotopic (exact) mass is 218 g/mol. The van der Waals surface area contributed by atoms with Crippen molar-refractivity contribution in [2.45, 2.75) is 52.9 Å². The van der Waals surface area contributed by atoms with Gasteiger partial charge in [0.15, 0.2) is 5.78 Å². The number of rotatable bonds is 0. The lowest BCUT2D eigenvalue weighted by Crippen LogP contribution is -2.52. The molecule has 0 heterocycles. The standard InChI is InChI=1S/C15H22O/c1-10-11-6-9-15(12(10)16)13(2,3)7-5-8-14(11,15)4/h11H,1,5-9H2,2-4H3. The van der Waals surface area contributed by atoms with Crippen LogP contribution in [0.25, 0.3) is 0 Å². The van der Waals surface area contributed by atoms with Gasteiger partial charge in [-0.3, -0.25) is 4.79 Å². The molecule has 3 aliphatic rings. The smallest absolute Gasteiger partial charge is 0.165 e. The van der Waals surface area contributed by atoms with Crippen LogP contribution in [0.1, 0.15) is 52.9 Å². The van der Waals surface area contributed by atoms with Crippen molar-refractivity contribution in [3.05, 3.63) is 12.2 Å². The highest BCUT2D eigenvalue weighted by atomic mass is 16.1. The molecule has 2 bridgehead atoms. The molecular weight excluding hydrogens is 196 g/mol. The first-order valence-corrected chi connectivity index (χ1v) is 6.60. The highest BCUT2D eigenvalue weighted by molar-refractivity contribution is 6.05. The SMILES string of the molecule is C=C1C(=O)C23CCC1C2(C)CCCC3(C)C. The van der Waals surface area contributed by atoms with E-state index in [0.717, 1.165) is 12.0 Å². The topological polar surface area (TPSA) is 17.1 Å². The number of carbonyl (C=O) groups is 1. The van der Waals surface area contributed by atoms with Crippen molar-refractivity contribution in [2.24, 2.45) is 22.2 Å². The van der Waals surface area contributed by atoms with Gasteiger partial charge in [-0.2, -0.15) is 0 Å².